The molecule has 6 heteroatoms. The molecule has 0 radical (unpaired) electrons. The van der Waals surface area contributed by atoms with Crippen LogP contribution in [0.5, 0.6) is 5.75 Å². The quantitative estimate of drug-likeness (QED) is 0.878. The van der Waals surface area contributed by atoms with Gasteiger partial charge in [0, 0.05) is 5.38 Å². The fourth-order valence-corrected chi connectivity index (χ4v) is 2.94. The molecular formula is C16H20N2O3S. The van der Waals surface area contributed by atoms with Crippen LogP contribution in [0.25, 0.3) is 0 Å². The molecule has 1 aromatic carbocycles. The Hall–Kier alpha value is -1.63. The van der Waals surface area contributed by atoms with Crippen molar-refractivity contribution in [3.8, 4) is 5.75 Å². The van der Waals surface area contributed by atoms with E-state index in [2.05, 4.69) is 17.2 Å². The molecule has 0 bridgehead atoms. The van der Waals surface area contributed by atoms with Crippen LogP contribution >= 0.6 is 11.3 Å². The first kappa shape index (κ1) is 15.3. The van der Waals surface area contributed by atoms with Gasteiger partial charge in [0.05, 0.1) is 37.8 Å². The Labute approximate surface area is 134 Å². The van der Waals surface area contributed by atoms with E-state index < -0.39 is 0 Å². The van der Waals surface area contributed by atoms with Gasteiger partial charge in [-0.3, -0.25) is 0 Å². The second-order valence-electron chi connectivity index (χ2n) is 4.98. The summed E-state index contributed by atoms with van der Waals surface area (Å²) in [5, 5.41) is 6.17. The van der Waals surface area contributed by atoms with Crippen LogP contribution in [-0.2, 0) is 9.47 Å². The lowest BCUT2D eigenvalue weighted by atomic mass is 10.3. The highest BCUT2D eigenvalue weighted by atomic mass is 32.1. The van der Waals surface area contributed by atoms with Gasteiger partial charge in [-0.1, -0.05) is 19.1 Å². The van der Waals surface area contributed by atoms with Crippen molar-refractivity contribution in [2.45, 2.75) is 19.4 Å². The smallest absolute Gasteiger partial charge is 0.187 e. The zero-order valence-corrected chi connectivity index (χ0v) is 13.4. The van der Waals surface area contributed by atoms with Crippen LogP contribution in [0.4, 0.5) is 10.8 Å². The van der Waals surface area contributed by atoms with Crippen molar-refractivity contribution in [1.29, 1.82) is 0 Å². The molecule has 3 rings (SSSR count). The topological polar surface area (TPSA) is 52.6 Å². The number of ether oxygens (including phenoxy) is 3. The summed E-state index contributed by atoms with van der Waals surface area (Å²) >= 11 is 1.56. The van der Waals surface area contributed by atoms with E-state index in [1.807, 2.05) is 29.6 Å². The molecule has 1 fully saturated rings. The number of aromatic nitrogens is 1. The maximum atomic E-state index is 5.75. The number of hydrogen-bond donors (Lipinski definition) is 1. The van der Waals surface area contributed by atoms with Crippen molar-refractivity contribution in [1.82, 2.24) is 4.98 Å². The second-order valence-corrected chi connectivity index (χ2v) is 5.84. The number of rotatable bonds is 6. The molecule has 2 heterocycles. The normalized spacial score (nSPS) is 18.1. The molecule has 1 unspecified atom stereocenters. The van der Waals surface area contributed by atoms with E-state index in [1.165, 1.54) is 0 Å². The number of hydrogen-bond acceptors (Lipinski definition) is 6. The zero-order chi connectivity index (χ0) is 15.2. The van der Waals surface area contributed by atoms with E-state index in [9.17, 15) is 0 Å². The molecule has 22 heavy (non-hydrogen) atoms. The number of benzene rings is 1. The van der Waals surface area contributed by atoms with Gasteiger partial charge in [-0.05, 0) is 18.6 Å². The Morgan fingerprint density at radius 2 is 2.27 bits per heavy atom. The van der Waals surface area contributed by atoms with Gasteiger partial charge in [0.15, 0.2) is 5.13 Å². The minimum Gasteiger partial charge on any atom is -0.491 e. The van der Waals surface area contributed by atoms with Crippen LogP contribution in [0.15, 0.2) is 29.6 Å². The average molecular weight is 320 g/mol. The molecule has 0 spiro atoms. The highest BCUT2D eigenvalue weighted by Gasteiger charge is 2.19. The summed E-state index contributed by atoms with van der Waals surface area (Å²) in [5.74, 6) is 0.846. The third kappa shape index (κ3) is 3.76. The maximum Gasteiger partial charge on any atom is 0.187 e. The summed E-state index contributed by atoms with van der Waals surface area (Å²) in [6.45, 7) is 4.65. The van der Waals surface area contributed by atoms with Crippen molar-refractivity contribution >= 4 is 22.2 Å². The van der Waals surface area contributed by atoms with Crippen molar-refractivity contribution in [3.63, 3.8) is 0 Å². The van der Waals surface area contributed by atoms with Gasteiger partial charge in [0.1, 0.15) is 11.9 Å². The molecule has 1 aliphatic heterocycles. The lowest BCUT2D eigenvalue weighted by molar-refractivity contribution is -0.0915. The molecule has 118 valence electrons. The summed E-state index contributed by atoms with van der Waals surface area (Å²) in [6, 6.07) is 7.90. The largest absolute Gasteiger partial charge is 0.491 e. The first-order chi connectivity index (χ1) is 10.9. The Kier molecular flexibility index (Phi) is 5.26. The summed E-state index contributed by atoms with van der Waals surface area (Å²) in [5.41, 5.74) is 1.84. The van der Waals surface area contributed by atoms with Crippen molar-refractivity contribution in [3.05, 3.63) is 35.3 Å². The Bertz CT molecular complexity index is 597. The Balaban J connectivity index is 1.69. The fraction of sp³-hybridized carbons (Fsp3) is 0.438. The van der Waals surface area contributed by atoms with Crippen LogP contribution in [-0.4, -0.2) is 31.4 Å². The minimum atomic E-state index is -0.0628. The number of para-hydroxylation sites is 2. The third-order valence-electron chi connectivity index (χ3n) is 3.26. The SMILES string of the molecule is CCCOc1ccccc1Nc1nc(C2COCCO2)cs1. The van der Waals surface area contributed by atoms with Crippen LogP contribution in [0.2, 0.25) is 0 Å². The van der Waals surface area contributed by atoms with Gasteiger partial charge >= 0.3 is 0 Å². The molecule has 1 aromatic heterocycles. The molecule has 1 N–H and O–H groups in total. The predicted molar refractivity (Wildman–Crippen MR) is 87.1 cm³/mol. The van der Waals surface area contributed by atoms with Crippen molar-refractivity contribution < 1.29 is 14.2 Å². The summed E-state index contributed by atoms with van der Waals surface area (Å²) < 4.78 is 16.8. The molecule has 1 aliphatic rings. The average Bonchev–Trinajstić information content (AvgIpc) is 3.03. The summed E-state index contributed by atoms with van der Waals surface area (Å²) in [4.78, 5) is 4.60. The van der Waals surface area contributed by atoms with Gasteiger partial charge in [0.25, 0.3) is 0 Å². The van der Waals surface area contributed by atoms with E-state index in [0.29, 0.717) is 26.4 Å². The monoisotopic (exact) mass is 320 g/mol. The van der Waals surface area contributed by atoms with Gasteiger partial charge in [-0.25, -0.2) is 4.98 Å². The van der Waals surface area contributed by atoms with E-state index in [4.69, 9.17) is 14.2 Å². The molecule has 0 amide bonds. The maximum absolute atomic E-state index is 5.75. The summed E-state index contributed by atoms with van der Waals surface area (Å²) in [6.07, 6.45) is 0.918. The molecule has 2 aromatic rings. The van der Waals surface area contributed by atoms with Gasteiger partial charge < -0.3 is 19.5 Å². The fourth-order valence-electron chi connectivity index (χ4n) is 2.17. The van der Waals surface area contributed by atoms with E-state index in [-0.39, 0.29) is 6.10 Å². The molecule has 1 saturated heterocycles. The van der Waals surface area contributed by atoms with Crippen LogP contribution in [0, 0.1) is 0 Å². The zero-order valence-electron chi connectivity index (χ0n) is 12.6. The molecule has 1 atom stereocenters. The molecule has 0 saturated carbocycles. The summed E-state index contributed by atoms with van der Waals surface area (Å²) in [7, 11) is 0. The Morgan fingerprint density at radius 1 is 1.36 bits per heavy atom. The van der Waals surface area contributed by atoms with Crippen LogP contribution in [0.1, 0.15) is 25.1 Å². The Morgan fingerprint density at radius 3 is 3.09 bits per heavy atom. The first-order valence-electron chi connectivity index (χ1n) is 7.50. The van der Waals surface area contributed by atoms with Gasteiger partial charge in [0.2, 0.25) is 0 Å². The minimum absolute atomic E-state index is 0.0628. The van der Waals surface area contributed by atoms with Gasteiger partial charge in [-0.2, -0.15) is 0 Å². The van der Waals surface area contributed by atoms with E-state index in [1.54, 1.807) is 11.3 Å². The van der Waals surface area contributed by atoms with E-state index in [0.717, 1.165) is 28.7 Å². The predicted octanol–water partition coefficient (Wildman–Crippen LogP) is 3.76. The van der Waals surface area contributed by atoms with Crippen molar-refractivity contribution in [2.24, 2.45) is 0 Å². The standard InChI is InChI=1S/C16H20N2O3S/c1-2-7-20-14-6-4-3-5-12(14)17-16-18-13(11-22-16)15-10-19-8-9-21-15/h3-6,11,15H,2,7-10H2,1H3,(H,17,18). The lowest BCUT2D eigenvalue weighted by Gasteiger charge is -2.21. The third-order valence-corrected chi connectivity index (χ3v) is 4.03. The van der Waals surface area contributed by atoms with E-state index >= 15 is 0 Å². The molecular weight excluding hydrogens is 300 g/mol. The number of nitrogens with one attached hydrogen (secondary N) is 1. The number of anilines is 2. The van der Waals surface area contributed by atoms with Gasteiger partial charge in [-0.15, -0.1) is 11.3 Å². The lowest BCUT2D eigenvalue weighted by Crippen LogP contribution is -2.22. The first-order valence-corrected chi connectivity index (χ1v) is 8.38. The van der Waals surface area contributed by atoms with Crippen molar-refractivity contribution in [2.75, 3.05) is 31.7 Å². The highest BCUT2D eigenvalue weighted by molar-refractivity contribution is 7.13. The van der Waals surface area contributed by atoms with Crippen LogP contribution < -0.4 is 10.1 Å². The molecule has 0 aliphatic carbocycles. The number of thiazole rings is 1. The highest BCUT2D eigenvalue weighted by Crippen LogP contribution is 2.31. The second kappa shape index (κ2) is 7.58. The number of nitrogens with zero attached hydrogens (tertiary/aromatic N) is 1. The molecule has 5 nitrogen and oxygen atoms in total. The van der Waals surface area contributed by atoms with Crippen LogP contribution in [0.3, 0.4) is 0 Å².